The first-order valence-corrected chi connectivity index (χ1v) is 10.4. The van der Waals surface area contributed by atoms with Crippen LogP contribution in [0.15, 0.2) is 36.4 Å². The summed E-state index contributed by atoms with van der Waals surface area (Å²) in [5.41, 5.74) is 2.83. The molecule has 3 aromatic rings. The van der Waals surface area contributed by atoms with E-state index in [0.29, 0.717) is 5.65 Å². The van der Waals surface area contributed by atoms with Gasteiger partial charge in [-0.3, -0.25) is 4.79 Å². The Bertz CT molecular complexity index is 945. The highest BCUT2D eigenvalue weighted by molar-refractivity contribution is 5.92. The summed E-state index contributed by atoms with van der Waals surface area (Å²) in [7, 11) is 0. The number of hydrogen-bond acceptors (Lipinski definition) is 6. The predicted octanol–water partition coefficient (Wildman–Crippen LogP) is 3.11. The van der Waals surface area contributed by atoms with Crippen molar-refractivity contribution >= 4 is 23.1 Å². The van der Waals surface area contributed by atoms with E-state index in [1.165, 1.54) is 29.5 Å². The molecule has 8 heteroatoms. The van der Waals surface area contributed by atoms with Crippen LogP contribution in [0.25, 0.3) is 5.65 Å². The zero-order valence-corrected chi connectivity index (χ0v) is 16.8. The third-order valence-corrected chi connectivity index (χ3v) is 5.54. The number of nitrogens with zero attached hydrogens (tertiary/aromatic N) is 6. The van der Waals surface area contributed by atoms with Crippen LogP contribution < -0.4 is 10.2 Å². The lowest BCUT2D eigenvalue weighted by Gasteiger charge is -2.31. The van der Waals surface area contributed by atoms with Crippen molar-refractivity contribution in [3.8, 4) is 0 Å². The summed E-state index contributed by atoms with van der Waals surface area (Å²) in [6.07, 6.45) is 6.42. The number of amides is 1. The van der Waals surface area contributed by atoms with E-state index in [-0.39, 0.29) is 11.8 Å². The quantitative estimate of drug-likeness (QED) is 0.621. The van der Waals surface area contributed by atoms with Crippen molar-refractivity contribution in [1.82, 2.24) is 25.3 Å². The fraction of sp³-hybridized carbons (Fsp3) is 0.476. The average Bonchev–Trinajstić information content (AvgIpc) is 3.23. The number of carbonyl (C=O) groups excluding carboxylic acids is 1. The Labute approximate surface area is 170 Å². The van der Waals surface area contributed by atoms with Crippen LogP contribution in [0.3, 0.4) is 0 Å². The number of benzene rings is 1. The third kappa shape index (κ3) is 4.70. The second-order valence-corrected chi connectivity index (χ2v) is 7.62. The summed E-state index contributed by atoms with van der Waals surface area (Å²) in [6, 6.07) is 12.0. The number of rotatable bonds is 7. The van der Waals surface area contributed by atoms with E-state index in [0.717, 1.165) is 43.9 Å². The lowest BCUT2D eigenvalue weighted by molar-refractivity contribution is -0.120. The molecule has 2 aromatic heterocycles. The molecule has 0 saturated carbocycles. The summed E-state index contributed by atoms with van der Waals surface area (Å²) >= 11 is 0. The van der Waals surface area contributed by atoms with Crippen LogP contribution in [0.5, 0.6) is 0 Å². The fourth-order valence-corrected chi connectivity index (χ4v) is 3.76. The molecule has 0 radical (unpaired) electrons. The van der Waals surface area contributed by atoms with Crippen molar-refractivity contribution in [3.63, 3.8) is 0 Å². The van der Waals surface area contributed by atoms with E-state index in [1.54, 1.807) is 0 Å². The van der Waals surface area contributed by atoms with Gasteiger partial charge in [-0.05, 0) is 65.9 Å². The molecule has 1 saturated heterocycles. The standard InChI is InChI=1S/C21H27N7O/c1-2-3-4-5-16-6-8-18(9-7-16)22-21(29)17-12-14-27(15-13-17)20-11-10-19-23-25-26-28(19)24-20/h6-11,17H,2-5,12-15H2,1H3,(H,22,29). The molecule has 29 heavy (non-hydrogen) atoms. The van der Waals surface area contributed by atoms with Crippen LogP contribution in [0.1, 0.15) is 44.6 Å². The molecular formula is C21H27N7O. The number of fused-ring (bicyclic) bond motifs is 1. The van der Waals surface area contributed by atoms with Crippen molar-refractivity contribution in [2.75, 3.05) is 23.3 Å². The molecule has 4 rings (SSSR count). The summed E-state index contributed by atoms with van der Waals surface area (Å²) < 4.78 is 1.43. The molecule has 0 bridgehead atoms. The maximum absolute atomic E-state index is 12.7. The van der Waals surface area contributed by atoms with Gasteiger partial charge in [-0.2, -0.15) is 0 Å². The molecule has 1 aliphatic heterocycles. The van der Waals surface area contributed by atoms with Gasteiger partial charge in [0.05, 0.1) is 0 Å². The molecule has 0 spiro atoms. The topological polar surface area (TPSA) is 88.3 Å². The number of unbranched alkanes of at least 4 members (excludes halogenated alkanes) is 2. The molecule has 1 aliphatic rings. The zero-order valence-electron chi connectivity index (χ0n) is 16.8. The lowest BCUT2D eigenvalue weighted by Crippen LogP contribution is -2.38. The van der Waals surface area contributed by atoms with E-state index in [2.05, 4.69) is 49.9 Å². The van der Waals surface area contributed by atoms with Gasteiger partial charge >= 0.3 is 0 Å². The second-order valence-electron chi connectivity index (χ2n) is 7.62. The highest BCUT2D eigenvalue weighted by Gasteiger charge is 2.26. The molecule has 0 atom stereocenters. The fourth-order valence-electron chi connectivity index (χ4n) is 3.76. The van der Waals surface area contributed by atoms with E-state index in [9.17, 15) is 4.79 Å². The molecular weight excluding hydrogens is 366 g/mol. The maximum Gasteiger partial charge on any atom is 0.227 e. The van der Waals surface area contributed by atoms with Crippen LogP contribution >= 0.6 is 0 Å². The number of tetrazole rings is 1. The molecule has 3 heterocycles. The minimum absolute atomic E-state index is 0.0206. The smallest absolute Gasteiger partial charge is 0.227 e. The van der Waals surface area contributed by atoms with Gasteiger partial charge in [-0.15, -0.1) is 14.8 Å². The Morgan fingerprint density at radius 1 is 1.10 bits per heavy atom. The Hall–Kier alpha value is -3.03. The highest BCUT2D eigenvalue weighted by atomic mass is 16.1. The number of aromatic nitrogens is 5. The SMILES string of the molecule is CCCCCc1ccc(NC(=O)C2CCN(c3ccc4nnnn4n3)CC2)cc1. The van der Waals surface area contributed by atoms with E-state index < -0.39 is 0 Å². The molecule has 8 nitrogen and oxygen atoms in total. The second kappa shape index (κ2) is 8.98. The van der Waals surface area contributed by atoms with Gasteiger partial charge < -0.3 is 10.2 Å². The first kappa shape index (κ1) is 19.3. The number of nitrogens with one attached hydrogen (secondary N) is 1. The van der Waals surface area contributed by atoms with E-state index in [1.807, 2.05) is 24.3 Å². The number of hydrogen-bond donors (Lipinski definition) is 1. The van der Waals surface area contributed by atoms with Crippen molar-refractivity contribution < 1.29 is 4.79 Å². The van der Waals surface area contributed by atoms with Crippen molar-refractivity contribution in [3.05, 3.63) is 42.0 Å². The van der Waals surface area contributed by atoms with E-state index >= 15 is 0 Å². The normalized spacial score (nSPS) is 15.0. The molecule has 0 unspecified atom stereocenters. The van der Waals surface area contributed by atoms with Crippen LogP contribution in [-0.2, 0) is 11.2 Å². The van der Waals surface area contributed by atoms with Crippen molar-refractivity contribution in [2.24, 2.45) is 5.92 Å². The van der Waals surface area contributed by atoms with Crippen molar-refractivity contribution in [2.45, 2.75) is 45.4 Å². The monoisotopic (exact) mass is 393 g/mol. The maximum atomic E-state index is 12.7. The predicted molar refractivity (Wildman–Crippen MR) is 112 cm³/mol. The number of aryl methyl sites for hydroxylation is 1. The Kier molecular flexibility index (Phi) is 5.97. The summed E-state index contributed by atoms with van der Waals surface area (Å²) in [6.45, 7) is 3.79. The van der Waals surface area contributed by atoms with Gasteiger partial charge in [0.15, 0.2) is 11.5 Å². The van der Waals surface area contributed by atoms with Crippen LogP contribution in [-0.4, -0.2) is 44.3 Å². The van der Waals surface area contributed by atoms with Gasteiger partial charge in [0.1, 0.15) is 0 Å². The van der Waals surface area contributed by atoms with Crippen LogP contribution in [0.2, 0.25) is 0 Å². The minimum Gasteiger partial charge on any atom is -0.355 e. The lowest BCUT2D eigenvalue weighted by atomic mass is 9.95. The van der Waals surface area contributed by atoms with Gasteiger partial charge in [-0.1, -0.05) is 31.9 Å². The molecule has 1 aromatic carbocycles. The Morgan fingerprint density at radius 3 is 2.66 bits per heavy atom. The molecule has 0 aliphatic carbocycles. The number of piperidine rings is 1. The third-order valence-electron chi connectivity index (χ3n) is 5.54. The zero-order chi connectivity index (χ0) is 20.1. The van der Waals surface area contributed by atoms with Crippen LogP contribution in [0, 0.1) is 5.92 Å². The molecule has 1 fully saturated rings. The van der Waals surface area contributed by atoms with Gasteiger partial charge in [0.2, 0.25) is 5.91 Å². The molecule has 152 valence electrons. The first-order chi connectivity index (χ1) is 14.2. The Morgan fingerprint density at radius 2 is 1.90 bits per heavy atom. The van der Waals surface area contributed by atoms with Crippen LogP contribution in [0.4, 0.5) is 11.5 Å². The highest BCUT2D eigenvalue weighted by Crippen LogP contribution is 2.23. The van der Waals surface area contributed by atoms with Gasteiger partial charge in [0, 0.05) is 24.7 Å². The summed E-state index contributed by atoms with van der Waals surface area (Å²) in [5, 5.41) is 18.8. The largest absolute Gasteiger partial charge is 0.355 e. The van der Waals surface area contributed by atoms with E-state index in [4.69, 9.17) is 0 Å². The van der Waals surface area contributed by atoms with Crippen molar-refractivity contribution in [1.29, 1.82) is 0 Å². The molecule has 1 N–H and O–H groups in total. The number of carbonyl (C=O) groups is 1. The first-order valence-electron chi connectivity index (χ1n) is 10.4. The number of anilines is 2. The minimum atomic E-state index is 0.0206. The Balaban J connectivity index is 1.28. The summed E-state index contributed by atoms with van der Waals surface area (Å²) in [5.74, 6) is 0.960. The molecule has 1 amide bonds. The summed E-state index contributed by atoms with van der Waals surface area (Å²) in [4.78, 5) is 14.8. The van der Waals surface area contributed by atoms with Gasteiger partial charge in [0.25, 0.3) is 0 Å². The average molecular weight is 393 g/mol. The van der Waals surface area contributed by atoms with Gasteiger partial charge in [-0.25, -0.2) is 0 Å².